The number of rotatable bonds is 4. The monoisotopic (exact) mass is 203 g/mol. The molecule has 1 fully saturated rings. The molecule has 0 atom stereocenters. The molecule has 0 amide bonds. The van der Waals surface area contributed by atoms with Crippen molar-refractivity contribution in [2.24, 2.45) is 4.99 Å². The first-order valence-electron chi connectivity index (χ1n) is 4.99. The summed E-state index contributed by atoms with van der Waals surface area (Å²) in [6, 6.07) is 7.93. The Morgan fingerprint density at radius 1 is 1.47 bits per heavy atom. The Morgan fingerprint density at radius 2 is 2.20 bits per heavy atom. The van der Waals surface area contributed by atoms with E-state index in [1.54, 1.807) is 13.2 Å². The van der Waals surface area contributed by atoms with Gasteiger partial charge in [0.2, 0.25) is 6.08 Å². The first-order chi connectivity index (χ1) is 7.32. The van der Waals surface area contributed by atoms with Crippen LogP contribution in [0, 0.1) is 0 Å². The lowest BCUT2D eigenvalue weighted by Crippen LogP contribution is -2.12. The number of nitrogens with zero attached hydrogens (tertiary/aromatic N) is 1. The van der Waals surface area contributed by atoms with Crippen LogP contribution >= 0.6 is 0 Å². The molecule has 3 nitrogen and oxygen atoms in total. The van der Waals surface area contributed by atoms with Crippen molar-refractivity contribution in [1.29, 1.82) is 0 Å². The molecule has 0 aromatic heterocycles. The standard InChI is InChI=1S/C12H13NO2/c1-15-11-5-3-2-4-10(11)12(6-7-12)8-13-9-14/h2-5H,6-8H2,1H3. The highest BCUT2D eigenvalue weighted by Gasteiger charge is 2.45. The van der Waals surface area contributed by atoms with Crippen molar-refractivity contribution < 1.29 is 9.53 Å². The Labute approximate surface area is 88.8 Å². The van der Waals surface area contributed by atoms with Crippen LogP contribution in [0.2, 0.25) is 0 Å². The molecule has 0 bridgehead atoms. The van der Waals surface area contributed by atoms with E-state index in [4.69, 9.17) is 4.74 Å². The van der Waals surface area contributed by atoms with Crippen molar-refractivity contribution in [1.82, 2.24) is 0 Å². The second-order valence-electron chi connectivity index (χ2n) is 3.89. The van der Waals surface area contributed by atoms with Crippen molar-refractivity contribution in [3.63, 3.8) is 0 Å². The van der Waals surface area contributed by atoms with Gasteiger partial charge in [0.05, 0.1) is 13.7 Å². The lowest BCUT2D eigenvalue weighted by atomic mass is 9.95. The molecule has 1 saturated carbocycles. The summed E-state index contributed by atoms with van der Waals surface area (Å²) in [7, 11) is 1.66. The fourth-order valence-corrected chi connectivity index (χ4v) is 1.93. The summed E-state index contributed by atoms with van der Waals surface area (Å²) in [5, 5.41) is 0. The second-order valence-corrected chi connectivity index (χ2v) is 3.89. The third-order valence-electron chi connectivity index (χ3n) is 2.98. The summed E-state index contributed by atoms with van der Waals surface area (Å²) in [6.07, 6.45) is 3.74. The molecule has 2 rings (SSSR count). The maximum absolute atomic E-state index is 10.1. The van der Waals surface area contributed by atoms with Crippen LogP contribution in [0.3, 0.4) is 0 Å². The molecule has 0 spiro atoms. The maximum atomic E-state index is 10.1. The number of hydrogen-bond donors (Lipinski definition) is 0. The summed E-state index contributed by atoms with van der Waals surface area (Å²) in [5.41, 5.74) is 1.19. The van der Waals surface area contributed by atoms with Gasteiger partial charge < -0.3 is 4.74 Å². The van der Waals surface area contributed by atoms with E-state index in [9.17, 15) is 4.79 Å². The van der Waals surface area contributed by atoms with Crippen molar-refractivity contribution in [2.75, 3.05) is 13.7 Å². The van der Waals surface area contributed by atoms with Crippen molar-refractivity contribution in [2.45, 2.75) is 18.3 Å². The van der Waals surface area contributed by atoms with Crippen LogP contribution in [0.4, 0.5) is 0 Å². The van der Waals surface area contributed by atoms with Crippen molar-refractivity contribution in [3.8, 4) is 5.75 Å². The SMILES string of the molecule is COc1ccccc1C1(CN=C=O)CC1. The molecule has 1 aromatic rings. The van der Waals surface area contributed by atoms with Crippen LogP contribution in [-0.2, 0) is 10.2 Å². The average molecular weight is 203 g/mol. The molecule has 1 aliphatic rings. The minimum Gasteiger partial charge on any atom is -0.496 e. The number of ether oxygens (including phenoxy) is 1. The second kappa shape index (κ2) is 3.87. The van der Waals surface area contributed by atoms with Gasteiger partial charge in [0.15, 0.2) is 0 Å². The van der Waals surface area contributed by atoms with E-state index in [2.05, 4.69) is 4.99 Å². The van der Waals surface area contributed by atoms with Gasteiger partial charge in [-0.25, -0.2) is 9.79 Å². The molecular weight excluding hydrogens is 190 g/mol. The molecule has 1 aromatic carbocycles. The van der Waals surface area contributed by atoms with E-state index in [0.29, 0.717) is 6.54 Å². The van der Waals surface area contributed by atoms with Crippen LogP contribution in [0.25, 0.3) is 0 Å². The summed E-state index contributed by atoms with van der Waals surface area (Å²) in [4.78, 5) is 13.8. The third kappa shape index (κ3) is 1.79. The minimum absolute atomic E-state index is 0.0318. The van der Waals surface area contributed by atoms with Gasteiger partial charge in [-0.3, -0.25) is 0 Å². The summed E-state index contributed by atoms with van der Waals surface area (Å²) < 4.78 is 5.31. The van der Waals surface area contributed by atoms with E-state index in [1.807, 2.05) is 24.3 Å². The molecule has 15 heavy (non-hydrogen) atoms. The largest absolute Gasteiger partial charge is 0.496 e. The molecule has 3 heteroatoms. The lowest BCUT2D eigenvalue weighted by Gasteiger charge is -2.15. The quantitative estimate of drug-likeness (QED) is 0.555. The number of para-hydroxylation sites is 1. The Hall–Kier alpha value is -1.60. The number of carbonyl (C=O) groups excluding carboxylic acids is 1. The minimum atomic E-state index is 0.0318. The molecule has 0 unspecified atom stereocenters. The highest BCUT2D eigenvalue weighted by atomic mass is 16.5. The van der Waals surface area contributed by atoms with Gasteiger partial charge in [-0.1, -0.05) is 18.2 Å². The van der Waals surface area contributed by atoms with Gasteiger partial charge in [-0.05, 0) is 18.9 Å². The lowest BCUT2D eigenvalue weighted by molar-refractivity contribution is 0.404. The summed E-state index contributed by atoms with van der Waals surface area (Å²) in [5.74, 6) is 0.885. The van der Waals surface area contributed by atoms with Crippen LogP contribution in [0.15, 0.2) is 29.3 Å². The van der Waals surface area contributed by atoms with E-state index in [-0.39, 0.29) is 5.41 Å². The van der Waals surface area contributed by atoms with E-state index >= 15 is 0 Å². The predicted octanol–water partition coefficient (Wildman–Crippen LogP) is 2.06. The molecule has 0 saturated heterocycles. The molecule has 78 valence electrons. The molecular formula is C12H13NO2. The van der Waals surface area contributed by atoms with Crippen LogP contribution in [-0.4, -0.2) is 19.7 Å². The van der Waals surface area contributed by atoms with Gasteiger partial charge in [0.25, 0.3) is 0 Å². The van der Waals surface area contributed by atoms with Crippen LogP contribution < -0.4 is 4.74 Å². The van der Waals surface area contributed by atoms with Crippen molar-refractivity contribution >= 4 is 6.08 Å². The van der Waals surface area contributed by atoms with E-state index < -0.39 is 0 Å². The Morgan fingerprint density at radius 3 is 2.80 bits per heavy atom. The number of isocyanates is 1. The van der Waals surface area contributed by atoms with E-state index in [0.717, 1.165) is 24.2 Å². The zero-order valence-corrected chi connectivity index (χ0v) is 8.69. The molecule has 0 aliphatic heterocycles. The maximum Gasteiger partial charge on any atom is 0.234 e. The third-order valence-corrected chi connectivity index (χ3v) is 2.98. The summed E-state index contributed by atoms with van der Waals surface area (Å²) >= 11 is 0. The molecule has 1 aliphatic carbocycles. The van der Waals surface area contributed by atoms with Crippen LogP contribution in [0.5, 0.6) is 5.75 Å². The fraction of sp³-hybridized carbons (Fsp3) is 0.417. The Balaban J connectivity index is 2.32. The van der Waals surface area contributed by atoms with Gasteiger partial charge in [0.1, 0.15) is 5.75 Å². The zero-order chi connectivity index (χ0) is 10.7. The smallest absolute Gasteiger partial charge is 0.234 e. The molecule has 0 N–H and O–H groups in total. The molecule has 0 heterocycles. The predicted molar refractivity (Wildman–Crippen MR) is 56.9 cm³/mol. The number of benzene rings is 1. The van der Waals surface area contributed by atoms with E-state index in [1.165, 1.54) is 0 Å². The Bertz CT molecular complexity index is 404. The Kier molecular flexibility index (Phi) is 2.57. The average Bonchev–Trinajstić information content (AvgIpc) is 3.07. The number of methoxy groups -OCH3 is 1. The highest BCUT2D eigenvalue weighted by molar-refractivity contribution is 5.44. The first kappa shape index (κ1) is 9.94. The fourth-order valence-electron chi connectivity index (χ4n) is 1.93. The number of aliphatic imine (C=N–C) groups is 1. The van der Waals surface area contributed by atoms with Crippen LogP contribution in [0.1, 0.15) is 18.4 Å². The van der Waals surface area contributed by atoms with Gasteiger partial charge in [0, 0.05) is 11.0 Å². The normalized spacial score (nSPS) is 16.6. The van der Waals surface area contributed by atoms with Gasteiger partial charge >= 0.3 is 0 Å². The molecule has 0 radical (unpaired) electrons. The van der Waals surface area contributed by atoms with Gasteiger partial charge in [-0.15, -0.1) is 0 Å². The highest BCUT2D eigenvalue weighted by Crippen LogP contribution is 2.51. The number of hydrogen-bond acceptors (Lipinski definition) is 3. The topological polar surface area (TPSA) is 38.7 Å². The van der Waals surface area contributed by atoms with Gasteiger partial charge in [-0.2, -0.15) is 0 Å². The summed E-state index contributed by atoms with van der Waals surface area (Å²) in [6.45, 7) is 0.525. The zero-order valence-electron chi connectivity index (χ0n) is 8.69. The van der Waals surface area contributed by atoms with Crippen molar-refractivity contribution in [3.05, 3.63) is 29.8 Å². The first-order valence-corrected chi connectivity index (χ1v) is 4.99.